The Morgan fingerprint density at radius 3 is 2.86 bits per heavy atom. The lowest BCUT2D eigenvalue weighted by atomic mass is 10.0. The number of carbonyl (C=O) groups excluding carboxylic acids is 2. The van der Waals surface area contributed by atoms with Crippen LogP contribution in [0.3, 0.4) is 0 Å². The van der Waals surface area contributed by atoms with E-state index in [9.17, 15) is 9.59 Å². The summed E-state index contributed by atoms with van der Waals surface area (Å²) >= 11 is 0. The summed E-state index contributed by atoms with van der Waals surface area (Å²) in [5.41, 5.74) is 0. The summed E-state index contributed by atoms with van der Waals surface area (Å²) in [7, 11) is 0. The Morgan fingerprint density at radius 2 is 2.14 bits per heavy atom. The Hall–Kier alpha value is -1.80. The SMILES string of the molecule is C#CCNC(=O)CN1CCCN(C(=O)C[C@H]2C=CCC2)CC1. The molecule has 0 spiro atoms. The number of hydrogen-bond acceptors (Lipinski definition) is 3. The molecule has 1 N–H and O–H groups in total. The van der Waals surface area contributed by atoms with Gasteiger partial charge in [0.25, 0.3) is 0 Å². The van der Waals surface area contributed by atoms with Gasteiger partial charge in [0.2, 0.25) is 11.8 Å². The van der Waals surface area contributed by atoms with Crippen molar-refractivity contribution in [2.45, 2.75) is 25.7 Å². The maximum absolute atomic E-state index is 12.3. The first-order valence-electron chi connectivity index (χ1n) is 8.06. The van der Waals surface area contributed by atoms with Crippen LogP contribution in [0, 0.1) is 18.3 Å². The predicted molar refractivity (Wildman–Crippen MR) is 86.0 cm³/mol. The van der Waals surface area contributed by atoms with Crippen molar-refractivity contribution < 1.29 is 9.59 Å². The number of hydrogen-bond donors (Lipinski definition) is 1. The summed E-state index contributed by atoms with van der Waals surface area (Å²) in [6.07, 6.45) is 13.2. The largest absolute Gasteiger partial charge is 0.344 e. The molecule has 0 radical (unpaired) electrons. The summed E-state index contributed by atoms with van der Waals surface area (Å²) in [4.78, 5) is 28.1. The van der Waals surface area contributed by atoms with Crippen molar-refractivity contribution in [3.63, 3.8) is 0 Å². The molecule has 22 heavy (non-hydrogen) atoms. The number of nitrogens with zero attached hydrogens (tertiary/aromatic N) is 2. The van der Waals surface area contributed by atoms with Crippen molar-refractivity contribution in [1.29, 1.82) is 0 Å². The quantitative estimate of drug-likeness (QED) is 0.598. The van der Waals surface area contributed by atoms with E-state index in [-0.39, 0.29) is 18.4 Å². The van der Waals surface area contributed by atoms with Crippen LogP contribution in [0.4, 0.5) is 0 Å². The van der Waals surface area contributed by atoms with Crippen LogP contribution in [0.25, 0.3) is 0 Å². The average molecular weight is 303 g/mol. The molecule has 1 atom stereocenters. The Morgan fingerprint density at radius 1 is 1.27 bits per heavy atom. The van der Waals surface area contributed by atoms with E-state index in [0.29, 0.717) is 25.4 Å². The van der Waals surface area contributed by atoms with E-state index in [1.165, 1.54) is 0 Å². The van der Waals surface area contributed by atoms with Gasteiger partial charge in [-0.1, -0.05) is 18.1 Å². The summed E-state index contributed by atoms with van der Waals surface area (Å²) < 4.78 is 0. The molecule has 120 valence electrons. The highest BCUT2D eigenvalue weighted by molar-refractivity contribution is 5.78. The Labute approximate surface area is 132 Å². The summed E-state index contributed by atoms with van der Waals surface area (Å²) in [5.74, 6) is 3.01. The molecular weight excluding hydrogens is 278 g/mol. The van der Waals surface area contributed by atoms with Crippen LogP contribution in [-0.4, -0.2) is 60.9 Å². The van der Waals surface area contributed by atoms with Gasteiger partial charge in [-0.15, -0.1) is 6.42 Å². The van der Waals surface area contributed by atoms with Crippen LogP contribution in [0.15, 0.2) is 12.2 Å². The number of terminal acetylenes is 1. The van der Waals surface area contributed by atoms with Gasteiger partial charge in [-0.2, -0.15) is 0 Å². The molecule has 0 unspecified atom stereocenters. The van der Waals surface area contributed by atoms with Gasteiger partial charge < -0.3 is 10.2 Å². The van der Waals surface area contributed by atoms with Gasteiger partial charge in [-0.05, 0) is 25.2 Å². The summed E-state index contributed by atoms with van der Waals surface area (Å²) in [5, 5.41) is 2.68. The van der Waals surface area contributed by atoms with E-state index in [4.69, 9.17) is 6.42 Å². The van der Waals surface area contributed by atoms with Gasteiger partial charge in [0.1, 0.15) is 0 Å². The molecule has 1 aliphatic carbocycles. The molecule has 2 rings (SSSR count). The topological polar surface area (TPSA) is 52.7 Å². The minimum Gasteiger partial charge on any atom is -0.344 e. The van der Waals surface area contributed by atoms with Crippen molar-refractivity contribution in [3.05, 3.63) is 12.2 Å². The molecule has 0 saturated carbocycles. The zero-order chi connectivity index (χ0) is 15.8. The molecule has 2 aliphatic rings. The zero-order valence-electron chi connectivity index (χ0n) is 13.1. The van der Waals surface area contributed by atoms with E-state index in [0.717, 1.165) is 38.9 Å². The van der Waals surface area contributed by atoms with Gasteiger partial charge in [0.15, 0.2) is 0 Å². The predicted octanol–water partition coefficient (Wildman–Crippen LogP) is 0.626. The highest BCUT2D eigenvalue weighted by Crippen LogP contribution is 2.21. The molecule has 1 saturated heterocycles. The van der Waals surface area contributed by atoms with Crippen molar-refractivity contribution in [1.82, 2.24) is 15.1 Å². The second kappa shape index (κ2) is 8.60. The van der Waals surface area contributed by atoms with Crippen LogP contribution in [0.2, 0.25) is 0 Å². The van der Waals surface area contributed by atoms with Crippen molar-refractivity contribution >= 4 is 11.8 Å². The first-order valence-corrected chi connectivity index (χ1v) is 8.06. The minimum atomic E-state index is -0.0474. The molecule has 2 amide bonds. The molecule has 0 bridgehead atoms. The zero-order valence-corrected chi connectivity index (χ0v) is 13.1. The minimum absolute atomic E-state index is 0.0474. The lowest BCUT2D eigenvalue weighted by molar-refractivity contribution is -0.131. The molecule has 0 aromatic rings. The molecule has 0 aromatic carbocycles. The van der Waals surface area contributed by atoms with Crippen LogP contribution in [-0.2, 0) is 9.59 Å². The number of carbonyl (C=O) groups is 2. The number of rotatable bonds is 5. The van der Waals surface area contributed by atoms with Gasteiger partial charge in [-0.3, -0.25) is 14.5 Å². The molecule has 0 aromatic heterocycles. The Balaban J connectivity index is 1.74. The first-order chi connectivity index (χ1) is 10.7. The van der Waals surface area contributed by atoms with Gasteiger partial charge in [0, 0.05) is 32.6 Å². The number of allylic oxidation sites excluding steroid dienone is 2. The monoisotopic (exact) mass is 303 g/mol. The molecule has 5 heteroatoms. The third kappa shape index (κ3) is 5.19. The maximum atomic E-state index is 12.3. The number of nitrogens with one attached hydrogen (secondary N) is 1. The average Bonchev–Trinajstić information content (AvgIpc) is 2.89. The van der Waals surface area contributed by atoms with E-state index in [1.54, 1.807) is 0 Å². The Kier molecular flexibility index (Phi) is 6.47. The van der Waals surface area contributed by atoms with E-state index < -0.39 is 0 Å². The third-order valence-electron chi connectivity index (χ3n) is 4.25. The van der Waals surface area contributed by atoms with E-state index in [1.807, 2.05) is 4.90 Å². The van der Waals surface area contributed by atoms with Gasteiger partial charge in [-0.25, -0.2) is 0 Å². The third-order valence-corrected chi connectivity index (χ3v) is 4.25. The van der Waals surface area contributed by atoms with Crippen LogP contribution < -0.4 is 5.32 Å². The molecule has 1 fully saturated rings. The van der Waals surface area contributed by atoms with Crippen LogP contribution in [0.1, 0.15) is 25.7 Å². The number of amides is 2. The second-order valence-corrected chi connectivity index (χ2v) is 5.96. The van der Waals surface area contributed by atoms with E-state index in [2.05, 4.69) is 28.3 Å². The maximum Gasteiger partial charge on any atom is 0.234 e. The lowest BCUT2D eigenvalue weighted by Gasteiger charge is -2.22. The fourth-order valence-corrected chi connectivity index (χ4v) is 3.01. The highest BCUT2D eigenvalue weighted by Gasteiger charge is 2.22. The van der Waals surface area contributed by atoms with E-state index >= 15 is 0 Å². The molecular formula is C17H25N3O2. The smallest absolute Gasteiger partial charge is 0.234 e. The second-order valence-electron chi connectivity index (χ2n) is 5.96. The molecule has 1 aliphatic heterocycles. The standard InChI is InChI=1S/C17H25N3O2/c1-2-8-18-16(21)14-19-9-5-10-20(12-11-19)17(22)13-15-6-3-4-7-15/h1,3,6,15H,4-5,7-14H2,(H,18,21)/t15-/m0/s1. The Bertz CT molecular complexity index is 467. The molecule has 1 heterocycles. The molecule has 5 nitrogen and oxygen atoms in total. The lowest BCUT2D eigenvalue weighted by Crippen LogP contribution is -2.40. The van der Waals surface area contributed by atoms with Crippen LogP contribution >= 0.6 is 0 Å². The fourth-order valence-electron chi connectivity index (χ4n) is 3.01. The summed E-state index contributed by atoms with van der Waals surface area (Å²) in [6.45, 7) is 3.71. The first kappa shape index (κ1) is 16.6. The van der Waals surface area contributed by atoms with Crippen LogP contribution in [0.5, 0.6) is 0 Å². The van der Waals surface area contributed by atoms with Crippen molar-refractivity contribution in [2.24, 2.45) is 5.92 Å². The normalized spacial score (nSPS) is 22.1. The van der Waals surface area contributed by atoms with Crippen molar-refractivity contribution in [2.75, 3.05) is 39.3 Å². The fraction of sp³-hybridized carbons (Fsp3) is 0.647. The van der Waals surface area contributed by atoms with Crippen molar-refractivity contribution in [3.8, 4) is 12.3 Å². The highest BCUT2D eigenvalue weighted by atomic mass is 16.2. The van der Waals surface area contributed by atoms with Gasteiger partial charge >= 0.3 is 0 Å². The van der Waals surface area contributed by atoms with Gasteiger partial charge in [0.05, 0.1) is 13.1 Å². The summed E-state index contributed by atoms with van der Waals surface area (Å²) in [6, 6.07) is 0.